The van der Waals surface area contributed by atoms with E-state index in [0.717, 1.165) is 26.0 Å². The van der Waals surface area contributed by atoms with Gasteiger partial charge in [-0.2, -0.15) is 5.06 Å². The number of amides is 1. The minimum atomic E-state index is -0.787. The lowest BCUT2D eigenvalue weighted by molar-refractivity contribution is -0.181. The van der Waals surface area contributed by atoms with Gasteiger partial charge in [-0.3, -0.25) is 9.63 Å². The van der Waals surface area contributed by atoms with Crippen molar-refractivity contribution in [3.63, 3.8) is 0 Å². The Balaban J connectivity index is 1.65. The summed E-state index contributed by atoms with van der Waals surface area (Å²) in [6.45, 7) is 2.37. The second kappa shape index (κ2) is 7.37. The number of nitrogens with zero attached hydrogens (tertiary/aromatic N) is 3. The normalized spacial score (nSPS) is 17.9. The van der Waals surface area contributed by atoms with E-state index in [4.69, 9.17) is 4.84 Å². The Morgan fingerprint density at radius 3 is 3.10 bits per heavy atom. The van der Waals surface area contributed by atoms with E-state index in [2.05, 4.69) is 10.3 Å². The number of aliphatic hydroxyl groups excluding tert-OH is 1. The summed E-state index contributed by atoms with van der Waals surface area (Å²) < 4.78 is 1.73. The van der Waals surface area contributed by atoms with Crippen LogP contribution in [0.5, 0.6) is 0 Å². The van der Waals surface area contributed by atoms with Gasteiger partial charge in [0.15, 0.2) is 0 Å². The second-order valence-electron chi connectivity index (χ2n) is 4.94. The first-order valence-electron chi connectivity index (χ1n) is 6.96. The molecule has 20 heavy (non-hydrogen) atoms. The molecular weight excluding hydrogens is 260 g/mol. The van der Waals surface area contributed by atoms with Crippen LogP contribution in [0.25, 0.3) is 0 Å². The fourth-order valence-corrected chi connectivity index (χ4v) is 2.14. The topological polar surface area (TPSA) is 79.6 Å². The molecule has 0 aromatic carbocycles. The van der Waals surface area contributed by atoms with Gasteiger partial charge >= 0.3 is 0 Å². The van der Waals surface area contributed by atoms with Gasteiger partial charge in [-0.15, -0.1) is 0 Å². The SMILES string of the molecule is Cn1ccnc1C(O)CNC(=O)CCN1CCCCO1. The van der Waals surface area contributed by atoms with Crippen LogP contribution in [0.3, 0.4) is 0 Å². The summed E-state index contributed by atoms with van der Waals surface area (Å²) in [5.41, 5.74) is 0. The predicted molar refractivity (Wildman–Crippen MR) is 72.6 cm³/mol. The molecule has 2 N–H and O–H groups in total. The summed E-state index contributed by atoms with van der Waals surface area (Å²) in [4.78, 5) is 21.2. The minimum absolute atomic E-state index is 0.0903. The number of carbonyl (C=O) groups excluding carboxylic acids is 1. The van der Waals surface area contributed by atoms with E-state index in [1.807, 2.05) is 5.06 Å². The van der Waals surface area contributed by atoms with E-state index >= 15 is 0 Å². The van der Waals surface area contributed by atoms with Crippen molar-refractivity contribution in [1.29, 1.82) is 0 Å². The zero-order valence-electron chi connectivity index (χ0n) is 11.8. The van der Waals surface area contributed by atoms with Crippen LogP contribution in [0.2, 0.25) is 0 Å². The molecule has 1 amide bonds. The first-order valence-corrected chi connectivity index (χ1v) is 6.96. The maximum Gasteiger partial charge on any atom is 0.221 e. The lowest BCUT2D eigenvalue weighted by Gasteiger charge is -2.25. The van der Waals surface area contributed by atoms with E-state index in [0.29, 0.717) is 18.8 Å². The highest BCUT2D eigenvalue weighted by Gasteiger charge is 2.15. The molecule has 7 heteroatoms. The standard InChI is InChI=1S/C13H22N4O3/c1-16-8-5-14-13(16)11(18)10-15-12(19)4-7-17-6-2-3-9-20-17/h5,8,11,18H,2-4,6-7,9-10H2,1H3,(H,15,19). The van der Waals surface area contributed by atoms with Gasteiger partial charge < -0.3 is 15.0 Å². The molecule has 1 atom stereocenters. The van der Waals surface area contributed by atoms with Crippen LogP contribution < -0.4 is 5.32 Å². The Labute approximate surface area is 118 Å². The van der Waals surface area contributed by atoms with Crippen molar-refractivity contribution in [3.05, 3.63) is 18.2 Å². The molecule has 1 aromatic rings. The van der Waals surface area contributed by atoms with Crippen molar-refractivity contribution in [2.45, 2.75) is 25.4 Å². The highest BCUT2D eigenvalue weighted by molar-refractivity contribution is 5.76. The predicted octanol–water partition coefficient (Wildman–Crippen LogP) is -0.0128. The van der Waals surface area contributed by atoms with Crippen molar-refractivity contribution in [1.82, 2.24) is 19.9 Å². The Morgan fingerprint density at radius 2 is 2.45 bits per heavy atom. The number of aryl methyl sites for hydroxylation is 1. The maximum atomic E-state index is 11.7. The van der Waals surface area contributed by atoms with Crippen molar-refractivity contribution < 1.29 is 14.7 Å². The Morgan fingerprint density at radius 1 is 1.60 bits per heavy atom. The zero-order chi connectivity index (χ0) is 14.4. The average Bonchev–Trinajstić information content (AvgIpc) is 2.90. The fourth-order valence-electron chi connectivity index (χ4n) is 2.14. The van der Waals surface area contributed by atoms with Gasteiger partial charge in [0.05, 0.1) is 13.2 Å². The molecular formula is C13H22N4O3. The Bertz CT molecular complexity index is 429. The number of nitrogens with one attached hydrogen (secondary N) is 1. The first-order chi connectivity index (χ1) is 9.66. The van der Waals surface area contributed by atoms with Gasteiger partial charge in [-0.1, -0.05) is 0 Å². The summed E-state index contributed by atoms with van der Waals surface area (Å²) in [6.07, 6.45) is 5.15. The van der Waals surface area contributed by atoms with Crippen LogP contribution >= 0.6 is 0 Å². The summed E-state index contributed by atoms with van der Waals surface area (Å²) in [6, 6.07) is 0. The fraction of sp³-hybridized carbons (Fsp3) is 0.692. The van der Waals surface area contributed by atoms with Gasteiger partial charge in [0.25, 0.3) is 0 Å². The van der Waals surface area contributed by atoms with Gasteiger partial charge in [0.2, 0.25) is 5.91 Å². The lowest BCUT2D eigenvalue weighted by Crippen LogP contribution is -2.35. The Kier molecular flexibility index (Phi) is 5.51. The molecule has 2 heterocycles. The number of aliphatic hydroxyl groups is 1. The van der Waals surface area contributed by atoms with Crippen molar-refractivity contribution in [2.75, 3.05) is 26.2 Å². The van der Waals surface area contributed by atoms with E-state index in [1.165, 1.54) is 0 Å². The first kappa shape index (κ1) is 15.0. The van der Waals surface area contributed by atoms with Crippen LogP contribution in [-0.4, -0.2) is 51.9 Å². The third-order valence-corrected chi connectivity index (χ3v) is 3.31. The molecule has 112 valence electrons. The summed E-state index contributed by atoms with van der Waals surface area (Å²) in [7, 11) is 1.81. The average molecular weight is 282 g/mol. The molecule has 0 saturated carbocycles. The largest absolute Gasteiger partial charge is 0.383 e. The van der Waals surface area contributed by atoms with Crippen molar-refractivity contribution in [3.8, 4) is 0 Å². The maximum absolute atomic E-state index is 11.7. The number of imidazole rings is 1. The van der Waals surface area contributed by atoms with E-state index in [-0.39, 0.29) is 12.5 Å². The molecule has 1 aromatic heterocycles. The van der Waals surface area contributed by atoms with Gasteiger partial charge in [0.1, 0.15) is 11.9 Å². The molecule has 0 radical (unpaired) electrons. The van der Waals surface area contributed by atoms with Crippen LogP contribution in [0.15, 0.2) is 12.4 Å². The van der Waals surface area contributed by atoms with E-state index in [9.17, 15) is 9.90 Å². The quantitative estimate of drug-likeness (QED) is 0.767. The number of rotatable bonds is 6. The number of carbonyl (C=O) groups is 1. The number of hydrogen-bond donors (Lipinski definition) is 2. The lowest BCUT2D eigenvalue weighted by atomic mass is 10.3. The van der Waals surface area contributed by atoms with Gasteiger partial charge in [-0.25, -0.2) is 4.98 Å². The number of aromatic nitrogens is 2. The molecule has 1 aliphatic rings. The monoisotopic (exact) mass is 282 g/mol. The van der Waals surface area contributed by atoms with Crippen molar-refractivity contribution in [2.24, 2.45) is 7.05 Å². The number of hydrogen-bond acceptors (Lipinski definition) is 5. The van der Waals surface area contributed by atoms with Crippen molar-refractivity contribution >= 4 is 5.91 Å². The van der Waals surface area contributed by atoms with Crippen LogP contribution in [-0.2, 0) is 16.7 Å². The molecule has 0 spiro atoms. The third-order valence-electron chi connectivity index (χ3n) is 3.31. The molecule has 0 aliphatic carbocycles. The Hall–Kier alpha value is -1.44. The zero-order valence-corrected chi connectivity index (χ0v) is 11.8. The molecule has 1 unspecified atom stereocenters. The van der Waals surface area contributed by atoms with Crippen LogP contribution in [0.1, 0.15) is 31.2 Å². The molecule has 2 rings (SSSR count). The van der Waals surface area contributed by atoms with Crippen LogP contribution in [0, 0.1) is 0 Å². The summed E-state index contributed by atoms with van der Waals surface area (Å²) in [5.74, 6) is 0.456. The highest BCUT2D eigenvalue weighted by atomic mass is 16.7. The molecule has 0 bridgehead atoms. The van der Waals surface area contributed by atoms with Crippen LogP contribution in [0.4, 0.5) is 0 Å². The third kappa shape index (κ3) is 4.29. The van der Waals surface area contributed by atoms with E-state index < -0.39 is 6.10 Å². The minimum Gasteiger partial charge on any atom is -0.383 e. The highest BCUT2D eigenvalue weighted by Crippen LogP contribution is 2.08. The van der Waals surface area contributed by atoms with Gasteiger partial charge in [-0.05, 0) is 12.8 Å². The summed E-state index contributed by atoms with van der Waals surface area (Å²) in [5, 5.41) is 14.5. The molecule has 7 nitrogen and oxygen atoms in total. The van der Waals surface area contributed by atoms with E-state index in [1.54, 1.807) is 24.0 Å². The molecule has 1 fully saturated rings. The summed E-state index contributed by atoms with van der Waals surface area (Å²) >= 11 is 0. The molecule has 1 saturated heterocycles. The second-order valence-corrected chi connectivity index (χ2v) is 4.94. The number of hydroxylamine groups is 2. The van der Waals surface area contributed by atoms with Gasteiger partial charge in [0, 0.05) is 39.0 Å². The molecule has 1 aliphatic heterocycles. The smallest absolute Gasteiger partial charge is 0.221 e.